The number of hydrogen-bond acceptors (Lipinski definition) is 15. The van der Waals surface area contributed by atoms with Crippen molar-refractivity contribution in [3.63, 3.8) is 0 Å². The summed E-state index contributed by atoms with van der Waals surface area (Å²) in [6, 6.07) is 53.8. The van der Waals surface area contributed by atoms with E-state index in [4.69, 9.17) is 24.1 Å². The first-order valence-electron chi connectivity index (χ1n) is 28.2. The van der Waals surface area contributed by atoms with Crippen molar-refractivity contribution >= 4 is 23.6 Å². The van der Waals surface area contributed by atoms with Gasteiger partial charge in [0.15, 0.2) is 0 Å². The third-order valence-corrected chi connectivity index (χ3v) is 13.3. The van der Waals surface area contributed by atoms with Crippen LogP contribution in [0.25, 0.3) is 0 Å². The molecule has 4 aromatic heterocycles. The number of rotatable bonds is 34. The summed E-state index contributed by atoms with van der Waals surface area (Å²) in [5, 5.41) is 11.5. The SMILES string of the molecule is O=C(NCCN(CCNC(=O)c1cccc(=O)n1OCc1ccccc1)CCOCCN(CCNC(=O)c1cccc(=O)n1OCc1ccccc1)CCNC(=O)c1cccc(=O)n1OCc1ccccc1)c1cccc(=O)n1OCc1ccccc1. The molecule has 0 saturated heterocycles. The molecule has 23 nitrogen and oxygen atoms in total. The van der Waals surface area contributed by atoms with Crippen LogP contribution in [0.2, 0.25) is 0 Å². The number of benzene rings is 4. The molecule has 8 rings (SSSR count). The number of carbonyl (C=O) groups excluding carboxylic acids is 4. The summed E-state index contributed by atoms with van der Waals surface area (Å²) >= 11 is 0. The maximum atomic E-state index is 13.6. The molecule has 4 amide bonds. The summed E-state index contributed by atoms with van der Waals surface area (Å²) in [6.45, 7) is 2.72. The molecule has 0 bridgehead atoms. The zero-order valence-electron chi connectivity index (χ0n) is 47.8. The van der Waals surface area contributed by atoms with Crippen molar-refractivity contribution in [3.05, 3.63) is 281 Å². The van der Waals surface area contributed by atoms with Crippen molar-refractivity contribution < 1.29 is 43.3 Å². The van der Waals surface area contributed by atoms with Gasteiger partial charge in [0.2, 0.25) is 0 Å². The van der Waals surface area contributed by atoms with Crippen LogP contribution >= 0.6 is 0 Å². The van der Waals surface area contributed by atoms with Gasteiger partial charge in [0, 0.05) is 89.7 Å². The molecule has 87 heavy (non-hydrogen) atoms. The number of ether oxygens (including phenoxy) is 1. The van der Waals surface area contributed by atoms with Gasteiger partial charge in [-0.1, -0.05) is 146 Å². The Morgan fingerprint density at radius 1 is 0.299 bits per heavy atom. The highest BCUT2D eigenvalue weighted by molar-refractivity contribution is 5.93. The number of aromatic nitrogens is 4. The maximum absolute atomic E-state index is 13.6. The minimum absolute atomic E-state index is 0.00559. The number of carbonyl (C=O) groups is 4. The number of nitrogens with zero attached hydrogens (tertiary/aromatic N) is 6. The van der Waals surface area contributed by atoms with Crippen LogP contribution in [-0.2, 0) is 31.2 Å². The molecule has 0 unspecified atom stereocenters. The van der Waals surface area contributed by atoms with Crippen LogP contribution < -0.4 is 62.9 Å². The molecule has 0 spiro atoms. The molecular weight excluding hydrogens is 1120 g/mol. The molecule has 0 aliphatic carbocycles. The normalized spacial score (nSPS) is 11.0. The van der Waals surface area contributed by atoms with Crippen molar-refractivity contribution in [3.8, 4) is 0 Å². The molecule has 4 N–H and O–H groups in total. The molecule has 0 atom stereocenters. The van der Waals surface area contributed by atoms with E-state index in [0.717, 1.165) is 41.2 Å². The second-order valence-corrected chi connectivity index (χ2v) is 19.5. The average Bonchev–Trinajstić information content (AvgIpc) is 3.60. The fourth-order valence-electron chi connectivity index (χ4n) is 8.79. The smallest absolute Gasteiger partial charge is 0.283 e. The van der Waals surface area contributed by atoms with E-state index in [1.165, 1.54) is 72.8 Å². The molecule has 0 saturated carbocycles. The Morgan fingerprint density at radius 2 is 0.529 bits per heavy atom. The van der Waals surface area contributed by atoms with Gasteiger partial charge in [-0.15, -0.1) is 18.9 Å². The van der Waals surface area contributed by atoms with Gasteiger partial charge in [-0.25, -0.2) is 0 Å². The van der Waals surface area contributed by atoms with E-state index < -0.39 is 45.9 Å². The van der Waals surface area contributed by atoms with Crippen LogP contribution in [0.5, 0.6) is 0 Å². The molecular formula is C64H68N10O13. The lowest BCUT2D eigenvalue weighted by Crippen LogP contribution is -2.43. The zero-order valence-corrected chi connectivity index (χ0v) is 47.8. The van der Waals surface area contributed by atoms with Gasteiger partial charge in [-0.05, 0) is 46.5 Å². The molecule has 8 aromatic rings. The fourth-order valence-corrected chi connectivity index (χ4v) is 8.79. The monoisotopic (exact) mass is 1180 g/mol. The third-order valence-electron chi connectivity index (χ3n) is 13.3. The molecule has 4 aromatic carbocycles. The summed E-state index contributed by atoms with van der Waals surface area (Å²) in [7, 11) is 0. The van der Waals surface area contributed by atoms with Crippen molar-refractivity contribution in [2.75, 3.05) is 78.7 Å². The third kappa shape index (κ3) is 19.3. The van der Waals surface area contributed by atoms with Crippen molar-refractivity contribution in [1.29, 1.82) is 0 Å². The Balaban J connectivity index is 0.906. The first-order valence-corrected chi connectivity index (χ1v) is 28.2. The molecule has 0 aliphatic heterocycles. The summed E-state index contributed by atoms with van der Waals surface area (Å²) in [5.74, 6) is -2.22. The van der Waals surface area contributed by atoms with E-state index in [1.807, 2.05) is 131 Å². The zero-order chi connectivity index (χ0) is 61.0. The summed E-state index contributed by atoms with van der Waals surface area (Å²) in [4.78, 5) is 133. The average molecular weight is 1190 g/mol. The lowest BCUT2D eigenvalue weighted by molar-refractivity contribution is 0.0695. The van der Waals surface area contributed by atoms with Gasteiger partial charge >= 0.3 is 0 Å². The van der Waals surface area contributed by atoms with E-state index in [2.05, 4.69) is 21.3 Å². The van der Waals surface area contributed by atoms with Gasteiger partial charge in [0.1, 0.15) is 49.2 Å². The van der Waals surface area contributed by atoms with Gasteiger partial charge in [0.05, 0.1) is 13.2 Å². The standard InChI is InChI=1S/C64H68N10O13/c75-57-29-13-25-53(71(57)84-45-49-17-5-1-6-18-49)61(79)65-33-37-69(38-34-66-62(80)54-26-14-30-58(76)72(54)85-46-50-19-7-2-8-20-50)41-43-83-44-42-70(39-35-67-63(81)55-27-15-31-59(77)73(55)86-47-51-21-9-3-10-22-51)40-36-68-64(82)56-28-16-32-60(78)74(56)87-48-52-23-11-4-12-24-52/h1-32H,33-48H2,(H,65,79)(H,66,80)(H,67,81)(H,68,82). The molecule has 0 fully saturated rings. The van der Waals surface area contributed by atoms with Crippen LogP contribution in [0.4, 0.5) is 0 Å². The fraction of sp³-hybridized carbons (Fsp3) is 0.250. The maximum Gasteiger partial charge on any atom is 0.283 e. The largest absolute Gasteiger partial charge is 0.405 e. The Labute approximate surface area is 500 Å². The minimum Gasteiger partial charge on any atom is -0.405 e. The van der Waals surface area contributed by atoms with Crippen LogP contribution in [0.15, 0.2) is 213 Å². The number of hydrogen-bond donors (Lipinski definition) is 4. The molecule has 452 valence electrons. The lowest BCUT2D eigenvalue weighted by Gasteiger charge is -2.25. The Kier molecular flexibility index (Phi) is 23.9. The molecule has 0 aliphatic rings. The highest BCUT2D eigenvalue weighted by Gasteiger charge is 2.20. The van der Waals surface area contributed by atoms with Crippen molar-refractivity contribution in [1.82, 2.24) is 50.0 Å². The Bertz CT molecular complexity index is 3270. The number of nitrogens with one attached hydrogen (secondary N) is 4. The molecule has 0 radical (unpaired) electrons. The summed E-state index contributed by atoms with van der Waals surface area (Å²) in [6.07, 6.45) is 0. The van der Waals surface area contributed by atoms with Gasteiger partial charge < -0.3 is 45.4 Å². The first kappa shape index (κ1) is 62.7. The molecule has 4 heterocycles. The molecule has 23 heteroatoms. The summed E-state index contributed by atoms with van der Waals surface area (Å²) < 4.78 is 10.0. The highest BCUT2D eigenvalue weighted by atomic mass is 16.7. The second-order valence-electron chi connectivity index (χ2n) is 19.5. The predicted molar refractivity (Wildman–Crippen MR) is 323 cm³/mol. The number of pyridine rings is 4. The van der Waals surface area contributed by atoms with Crippen molar-refractivity contribution in [2.24, 2.45) is 0 Å². The lowest BCUT2D eigenvalue weighted by atomic mass is 10.2. The highest BCUT2D eigenvalue weighted by Crippen LogP contribution is 2.07. The number of amides is 4. The van der Waals surface area contributed by atoms with E-state index in [-0.39, 0.29) is 115 Å². The van der Waals surface area contributed by atoms with Gasteiger partial charge in [0.25, 0.3) is 45.9 Å². The van der Waals surface area contributed by atoms with Crippen molar-refractivity contribution in [2.45, 2.75) is 26.4 Å². The van der Waals surface area contributed by atoms with Crippen LogP contribution in [0, 0.1) is 0 Å². The summed E-state index contributed by atoms with van der Waals surface area (Å²) in [5.41, 5.74) is 1.07. The topological polar surface area (TPSA) is 257 Å². The quantitative estimate of drug-likeness (QED) is 0.0423. The predicted octanol–water partition coefficient (Wildman–Crippen LogP) is 2.49. The van der Waals surface area contributed by atoms with Crippen LogP contribution in [0.3, 0.4) is 0 Å². The Hall–Kier alpha value is -10.4. The van der Waals surface area contributed by atoms with E-state index in [1.54, 1.807) is 0 Å². The van der Waals surface area contributed by atoms with E-state index in [0.29, 0.717) is 13.1 Å². The first-order chi connectivity index (χ1) is 42.5. The minimum atomic E-state index is -0.556. The van der Waals surface area contributed by atoms with Crippen LogP contribution in [0.1, 0.15) is 64.2 Å². The van der Waals surface area contributed by atoms with E-state index >= 15 is 0 Å². The van der Waals surface area contributed by atoms with Crippen LogP contribution in [-0.4, -0.2) is 131 Å². The van der Waals surface area contributed by atoms with Gasteiger partial charge in [-0.2, -0.15) is 0 Å². The van der Waals surface area contributed by atoms with E-state index in [9.17, 15) is 38.4 Å². The Morgan fingerprint density at radius 3 is 0.759 bits per heavy atom. The second kappa shape index (κ2) is 33.2. The van der Waals surface area contributed by atoms with Gasteiger partial charge in [-0.3, -0.25) is 48.2 Å².